The highest BCUT2D eigenvalue weighted by Crippen LogP contribution is 2.29. The number of nitrogens with zero attached hydrogens (tertiary/aromatic N) is 1. The van der Waals surface area contributed by atoms with E-state index in [9.17, 15) is 22.6 Å². The van der Waals surface area contributed by atoms with E-state index in [1.54, 1.807) is 0 Å². The topological polar surface area (TPSA) is 133 Å². The van der Waals surface area contributed by atoms with Crippen molar-refractivity contribution in [3.8, 4) is 0 Å². The fourth-order valence-electron chi connectivity index (χ4n) is 5.82. The van der Waals surface area contributed by atoms with Crippen LogP contribution in [0.4, 0.5) is 0 Å². The van der Waals surface area contributed by atoms with Crippen LogP contribution in [-0.2, 0) is 26.3 Å². The molecule has 0 saturated carbocycles. The Labute approximate surface area is 281 Å². The molecule has 0 aliphatic rings. The van der Waals surface area contributed by atoms with E-state index >= 15 is 0 Å². The molecule has 0 aromatic carbocycles. The molecule has 0 radical (unpaired) electrons. The Balaban J connectivity index is 0.000000883. The molecule has 1 aromatic heterocycles. The van der Waals surface area contributed by atoms with Crippen molar-refractivity contribution in [2.24, 2.45) is 0 Å². The number of carbonyl (C=O) groups is 2. The van der Waals surface area contributed by atoms with Crippen molar-refractivity contribution in [1.29, 1.82) is 0 Å². The molecule has 0 amide bonds. The summed E-state index contributed by atoms with van der Waals surface area (Å²) in [5, 5.41) is 17.9. The molecule has 0 bridgehead atoms. The summed E-state index contributed by atoms with van der Waals surface area (Å²) >= 11 is 0. The molecule has 46 heavy (non-hydrogen) atoms. The first-order valence-electron chi connectivity index (χ1n) is 18.5. The third kappa shape index (κ3) is 23.3. The van der Waals surface area contributed by atoms with Crippen molar-refractivity contribution in [2.45, 2.75) is 192 Å². The molecule has 1 aromatic rings. The zero-order valence-electron chi connectivity index (χ0n) is 29.3. The Morgan fingerprint density at radius 2 is 0.913 bits per heavy atom. The zero-order valence-corrected chi connectivity index (χ0v) is 30.1. The predicted molar refractivity (Wildman–Crippen MR) is 188 cm³/mol. The van der Waals surface area contributed by atoms with E-state index in [0.29, 0.717) is 6.42 Å². The van der Waals surface area contributed by atoms with Crippen LogP contribution < -0.4 is 4.57 Å². The van der Waals surface area contributed by atoms with Crippen LogP contribution in [0, 0.1) is 0 Å². The standard InChI is InChI=1S/C21H38N.C16H30O7S/c1-2-3-4-5-6-7-8-9-10-11-12-13-14-16-19-22-20-17-15-18-21-22;1-2-3-4-5-6-7-8-9-10-11-12-16(15(19)20,13-14(17)18)24(21,22)23/h15,17-18,20-21H,2-14,16,19H2,1H3;2-13H2,1H3,(H,17,18)(H,19,20)(H,21,22,23)/q+1;. The van der Waals surface area contributed by atoms with E-state index in [1.165, 1.54) is 122 Å². The first-order valence-corrected chi connectivity index (χ1v) is 19.9. The summed E-state index contributed by atoms with van der Waals surface area (Å²) in [5.74, 6) is -3.38. The minimum atomic E-state index is -5.01. The number of carboxylic acid groups (broad SMARTS) is 2. The fourth-order valence-corrected chi connectivity index (χ4v) is 6.74. The fraction of sp³-hybridized carbons (Fsp3) is 0.811. The predicted octanol–water partition coefficient (Wildman–Crippen LogP) is 9.94. The molecule has 3 N–H and O–H groups in total. The summed E-state index contributed by atoms with van der Waals surface area (Å²) in [6.45, 7) is 5.63. The monoisotopic (exact) mass is 670 g/mol. The number of rotatable bonds is 30. The Hall–Kier alpha value is -2.00. The summed E-state index contributed by atoms with van der Waals surface area (Å²) in [6, 6.07) is 6.31. The van der Waals surface area contributed by atoms with Gasteiger partial charge in [-0.1, -0.05) is 161 Å². The molecule has 1 unspecified atom stereocenters. The minimum Gasteiger partial charge on any atom is -0.481 e. The molecule has 0 aliphatic heterocycles. The van der Waals surface area contributed by atoms with Crippen molar-refractivity contribution in [3.63, 3.8) is 0 Å². The van der Waals surface area contributed by atoms with Crippen LogP contribution in [-0.4, -0.2) is 39.9 Å². The van der Waals surface area contributed by atoms with Gasteiger partial charge >= 0.3 is 11.9 Å². The molecular formula is C37H68NO7S+. The second-order valence-electron chi connectivity index (χ2n) is 13.0. The lowest BCUT2D eigenvalue weighted by Crippen LogP contribution is -2.48. The average molecular weight is 671 g/mol. The summed E-state index contributed by atoms with van der Waals surface area (Å²) in [4.78, 5) is 22.1. The van der Waals surface area contributed by atoms with Crippen LogP contribution in [0.25, 0.3) is 0 Å². The van der Waals surface area contributed by atoms with Gasteiger partial charge < -0.3 is 10.2 Å². The number of aryl methyl sites for hydroxylation is 1. The van der Waals surface area contributed by atoms with Crippen molar-refractivity contribution < 1.29 is 37.3 Å². The maximum absolute atomic E-state index is 11.4. The molecule has 268 valence electrons. The Bertz CT molecular complexity index is 971. The van der Waals surface area contributed by atoms with Gasteiger partial charge in [-0.2, -0.15) is 8.42 Å². The SMILES string of the molecule is CCCCCCCCCCCCC(CC(=O)O)(C(=O)O)S(=O)(=O)O.CCCCCCCCCCCCCCCC[n+]1ccccc1. The highest BCUT2D eigenvalue weighted by Gasteiger charge is 2.51. The van der Waals surface area contributed by atoms with Gasteiger partial charge in [0.25, 0.3) is 10.1 Å². The lowest BCUT2D eigenvalue weighted by Gasteiger charge is -2.24. The highest BCUT2D eigenvalue weighted by molar-refractivity contribution is 7.88. The number of pyridine rings is 1. The highest BCUT2D eigenvalue weighted by atomic mass is 32.2. The maximum Gasteiger partial charge on any atom is 0.328 e. The number of hydrogen-bond donors (Lipinski definition) is 3. The first-order chi connectivity index (χ1) is 22.1. The van der Waals surface area contributed by atoms with E-state index in [-0.39, 0.29) is 6.42 Å². The van der Waals surface area contributed by atoms with Crippen LogP contribution in [0.3, 0.4) is 0 Å². The Morgan fingerprint density at radius 1 is 0.565 bits per heavy atom. The zero-order chi connectivity index (χ0) is 34.4. The smallest absolute Gasteiger partial charge is 0.328 e. The third-order valence-electron chi connectivity index (χ3n) is 8.80. The quantitative estimate of drug-likeness (QED) is 0.0421. The molecule has 0 spiro atoms. The lowest BCUT2D eigenvalue weighted by molar-refractivity contribution is -0.697. The largest absolute Gasteiger partial charge is 0.481 e. The van der Waals surface area contributed by atoms with Gasteiger partial charge in [-0.25, -0.2) is 4.57 Å². The first kappa shape index (κ1) is 44.0. The number of aliphatic carboxylic acids is 2. The second kappa shape index (κ2) is 29.2. The van der Waals surface area contributed by atoms with Gasteiger partial charge in [-0.15, -0.1) is 0 Å². The normalized spacial score (nSPS) is 12.7. The summed E-state index contributed by atoms with van der Waals surface area (Å²) in [5.41, 5.74) is 0. The third-order valence-corrected chi connectivity index (χ3v) is 10.3. The van der Waals surface area contributed by atoms with E-state index in [0.717, 1.165) is 25.7 Å². The average Bonchev–Trinajstić information content (AvgIpc) is 3.01. The maximum atomic E-state index is 11.4. The molecule has 9 heteroatoms. The lowest BCUT2D eigenvalue weighted by atomic mass is 9.96. The van der Waals surface area contributed by atoms with Gasteiger partial charge in [0, 0.05) is 18.6 Å². The number of hydrogen-bond acceptors (Lipinski definition) is 4. The van der Waals surface area contributed by atoms with Crippen LogP contribution in [0.5, 0.6) is 0 Å². The van der Waals surface area contributed by atoms with Crippen LogP contribution in [0.15, 0.2) is 30.6 Å². The Kier molecular flexibility index (Phi) is 27.9. The molecule has 0 fully saturated rings. The minimum absolute atomic E-state index is 0.245. The van der Waals surface area contributed by atoms with Gasteiger partial charge in [0.2, 0.25) is 4.75 Å². The van der Waals surface area contributed by atoms with Crippen molar-refractivity contribution in [3.05, 3.63) is 30.6 Å². The van der Waals surface area contributed by atoms with Crippen LogP contribution in [0.2, 0.25) is 0 Å². The van der Waals surface area contributed by atoms with Crippen molar-refractivity contribution in [2.75, 3.05) is 0 Å². The van der Waals surface area contributed by atoms with Crippen molar-refractivity contribution in [1.82, 2.24) is 0 Å². The van der Waals surface area contributed by atoms with Crippen molar-refractivity contribution >= 4 is 22.1 Å². The molecule has 1 rings (SSSR count). The van der Waals surface area contributed by atoms with E-state index < -0.39 is 39.6 Å². The van der Waals surface area contributed by atoms with Gasteiger partial charge in [0.15, 0.2) is 12.4 Å². The summed E-state index contributed by atoms with van der Waals surface area (Å²) < 4.78 is 31.7. The number of unbranched alkanes of at least 4 members (excludes halogenated alkanes) is 22. The van der Waals surface area contributed by atoms with Gasteiger partial charge in [0.1, 0.15) is 6.54 Å². The number of aromatic nitrogens is 1. The molecular weight excluding hydrogens is 602 g/mol. The van der Waals surface area contributed by atoms with Crippen LogP contribution >= 0.6 is 0 Å². The second-order valence-corrected chi connectivity index (χ2v) is 14.7. The van der Waals surface area contributed by atoms with E-state index in [4.69, 9.17) is 10.2 Å². The Morgan fingerprint density at radius 3 is 1.24 bits per heavy atom. The summed E-state index contributed by atoms with van der Waals surface area (Å²) in [6.07, 6.45) is 32.7. The number of carboxylic acids is 2. The molecule has 8 nitrogen and oxygen atoms in total. The van der Waals surface area contributed by atoms with Gasteiger partial charge in [0.05, 0.1) is 6.42 Å². The van der Waals surface area contributed by atoms with Gasteiger partial charge in [-0.05, 0) is 12.8 Å². The van der Waals surface area contributed by atoms with Crippen LogP contribution in [0.1, 0.15) is 181 Å². The molecule has 0 saturated heterocycles. The molecule has 1 atom stereocenters. The molecule has 1 heterocycles. The molecule has 0 aliphatic carbocycles. The van der Waals surface area contributed by atoms with E-state index in [1.807, 2.05) is 0 Å². The summed E-state index contributed by atoms with van der Waals surface area (Å²) in [7, 11) is -5.01. The van der Waals surface area contributed by atoms with Gasteiger partial charge in [-0.3, -0.25) is 14.1 Å². The van der Waals surface area contributed by atoms with E-state index in [2.05, 4.69) is 49.0 Å².